The molecule has 0 radical (unpaired) electrons. The molecule has 4 nitrogen and oxygen atoms in total. The first kappa shape index (κ1) is 12.7. The summed E-state index contributed by atoms with van der Waals surface area (Å²) >= 11 is 13.5. The number of halogens is 2. The summed E-state index contributed by atoms with van der Waals surface area (Å²) in [5, 5.41) is 1.71. The van der Waals surface area contributed by atoms with Crippen LogP contribution in [0.25, 0.3) is 5.65 Å². The third-order valence-corrected chi connectivity index (χ3v) is 4.12. The zero-order valence-electron chi connectivity index (χ0n) is 9.84. The van der Waals surface area contributed by atoms with Crippen molar-refractivity contribution in [2.45, 2.75) is 16.8 Å². The van der Waals surface area contributed by atoms with Gasteiger partial charge in [-0.3, -0.25) is 0 Å². The van der Waals surface area contributed by atoms with Crippen LogP contribution in [0.1, 0.15) is 5.69 Å². The number of aryl methyl sites for hydroxylation is 1. The van der Waals surface area contributed by atoms with Gasteiger partial charge in [0.15, 0.2) is 5.65 Å². The van der Waals surface area contributed by atoms with Crippen LogP contribution >= 0.6 is 35.0 Å². The van der Waals surface area contributed by atoms with E-state index in [1.54, 1.807) is 6.20 Å². The van der Waals surface area contributed by atoms with Crippen LogP contribution in [0.5, 0.6) is 0 Å². The van der Waals surface area contributed by atoms with Gasteiger partial charge in [-0.25, -0.2) is 15.0 Å². The largest absolute Gasteiger partial charge is 0.306 e. The lowest BCUT2D eigenvalue weighted by Crippen LogP contribution is -1.87. The van der Waals surface area contributed by atoms with Gasteiger partial charge in [0.2, 0.25) is 0 Å². The second-order valence-corrected chi connectivity index (χ2v) is 5.71. The Labute approximate surface area is 123 Å². The van der Waals surface area contributed by atoms with Crippen LogP contribution in [0.3, 0.4) is 0 Å². The maximum atomic E-state index is 6.36. The molecule has 3 rings (SSSR count). The molecule has 0 atom stereocenters. The van der Waals surface area contributed by atoms with Gasteiger partial charge in [0.1, 0.15) is 10.2 Å². The third-order valence-electron chi connectivity index (χ3n) is 2.46. The van der Waals surface area contributed by atoms with E-state index in [1.807, 2.05) is 29.8 Å². The molecule has 3 aromatic rings. The van der Waals surface area contributed by atoms with Crippen LogP contribution in [-0.2, 0) is 0 Å². The maximum absolute atomic E-state index is 6.36. The highest BCUT2D eigenvalue weighted by Gasteiger charge is 2.10. The van der Waals surface area contributed by atoms with Gasteiger partial charge < -0.3 is 4.40 Å². The highest BCUT2D eigenvalue weighted by Crippen LogP contribution is 2.34. The number of hydrogen-bond donors (Lipinski definition) is 0. The van der Waals surface area contributed by atoms with Gasteiger partial charge in [0, 0.05) is 17.3 Å². The molecule has 0 bridgehead atoms. The Balaban J connectivity index is 2.00. The number of imidazole rings is 1. The quantitative estimate of drug-likeness (QED) is 0.720. The number of aromatic nitrogens is 4. The molecule has 0 aromatic carbocycles. The topological polar surface area (TPSA) is 43.1 Å². The van der Waals surface area contributed by atoms with E-state index in [2.05, 4.69) is 15.0 Å². The van der Waals surface area contributed by atoms with Crippen molar-refractivity contribution in [1.29, 1.82) is 0 Å². The van der Waals surface area contributed by atoms with Crippen molar-refractivity contribution in [2.75, 3.05) is 0 Å². The number of rotatable bonds is 2. The minimum atomic E-state index is 0.370. The Morgan fingerprint density at radius 1 is 1.21 bits per heavy atom. The summed E-state index contributed by atoms with van der Waals surface area (Å²) in [6.07, 6.45) is 6.98. The van der Waals surface area contributed by atoms with E-state index in [-0.39, 0.29) is 0 Å². The standard InChI is InChI=1S/C12H8Cl2N4S/c1-7-6-18-3-2-8(11(14)12(18)17-7)19-10-5-15-9(13)4-16-10/h2-6H,1H3. The van der Waals surface area contributed by atoms with Gasteiger partial charge in [-0.15, -0.1) is 0 Å². The Hall–Kier alpha value is -1.30. The van der Waals surface area contributed by atoms with Crippen LogP contribution in [0.2, 0.25) is 10.2 Å². The summed E-state index contributed by atoms with van der Waals surface area (Å²) in [6.45, 7) is 1.93. The molecule has 3 aromatic heterocycles. The predicted molar refractivity (Wildman–Crippen MR) is 76.1 cm³/mol. The van der Waals surface area contributed by atoms with Gasteiger partial charge in [-0.2, -0.15) is 0 Å². The minimum Gasteiger partial charge on any atom is -0.306 e. The number of hydrogen-bond acceptors (Lipinski definition) is 4. The zero-order valence-corrected chi connectivity index (χ0v) is 12.2. The van der Waals surface area contributed by atoms with Crippen molar-refractivity contribution < 1.29 is 0 Å². The monoisotopic (exact) mass is 310 g/mol. The van der Waals surface area contributed by atoms with Gasteiger partial charge in [-0.05, 0) is 13.0 Å². The maximum Gasteiger partial charge on any atom is 0.156 e. The van der Waals surface area contributed by atoms with Crippen LogP contribution in [0, 0.1) is 6.92 Å². The number of pyridine rings is 1. The Bertz CT molecular complexity index is 739. The van der Waals surface area contributed by atoms with Crippen LogP contribution in [-0.4, -0.2) is 19.4 Å². The highest BCUT2D eigenvalue weighted by atomic mass is 35.5. The van der Waals surface area contributed by atoms with E-state index in [0.717, 1.165) is 21.3 Å². The molecule has 0 saturated carbocycles. The highest BCUT2D eigenvalue weighted by molar-refractivity contribution is 7.99. The normalized spacial score (nSPS) is 11.1. The molecule has 0 aliphatic heterocycles. The van der Waals surface area contributed by atoms with Crippen molar-refractivity contribution in [3.05, 3.63) is 46.7 Å². The van der Waals surface area contributed by atoms with Crippen LogP contribution < -0.4 is 0 Å². The molecule has 0 aliphatic rings. The van der Waals surface area contributed by atoms with E-state index in [4.69, 9.17) is 23.2 Å². The van der Waals surface area contributed by atoms with E-state index in [9.17, 15) is 0 Å². The SMILES string of the molecule is Cc1cn2ccc(Sc3cnc(Cl)cn3)c(Cl)c2n1. The van der Waals surface area contributed by atoms with Crippen molar-refractivity contribution in [1.82, 2.24) is 19.4 Å². The lowest BCUT2D eigenvalue weighted by Gasteiger charge is -2.04. The summed E-state index contributed by atoms with van der Waals surface area (Å²) in [7, 11) is 0. The third kappa shape index (κ3) is 2.54. The van der Waals surface area contributed by atoms with Gasteiger partial charge in [0.05, 0.1) is 23.1 Å². The van der Waals surface area contributed by atoms with Crippen molar-refractivity contribution in [3.8, 4) is 0 Å². The Morgan fingerprint density at radius 3 is 2.79 bits per heavy atom. The molecular formula is C12H8Cl2N4S. The molecule has 3 heterocycles. The van der Waals surface area contributed by atoms with Crippen molar-refractivity contribution in [3.63, 3.8) is 0 Å². The summed E-state index contributed by atoms with van der Waals surface area (Å²) in [4.78, 5) is 13.4. The molecule has 0 N–H and O–H groups in total. The fraction of sp³-hybridized carbons (Fsp3) is 0.0833. The molecule has 0 spiro atoms. The zero-order chi connectivity index (χ0) is 13.4. The molecule has 0 amide bonds. The first-order chi connectivity index (χ1) is 9.13. The van der Waals surface area contributed by atoms with Gasteiger partial charge in [0.25, 0.3) is 0 Å². The van der Waals surface area contributed by atoms with Gasteiger partial charge >= 0.3 is 0 Å². The van der Waals surface area contributed by atoms with Crippen molar-refractivity contribution in [2.24, 2.45) is 0 Å². The second-order valence-electron chi connectivity index (χ2n) is 3.89. The molecule has 19 heavy (non-hydrogen) atoms. The number of nitrogens with zero attached hydrogens (tertiary/aromatic N) is 4. The summed E-state index contributed by atoms with van der Waals surface area (Å²) in [5.41, 5.74) is 1.67. The Morgan fingerprint density at radius 2 is 2.05 bits per heavy atom. The van der Waals surface area contributed by atoms with Crippen LogP contribution in [0.4, 0.5) is 0 Å². The molecule has 0 fully saturated rings. The van der Waals surface area contributed by atoms with E-state index in [1.165, 1.54) is 18.0 Å². The molecule has 0 saturated heterocycles. The summed E-state index contributed by atoms with van der Waals surface area (Å²) in [5.74, 6) is 0. The Kier molecular flexibility index (Phi) is 3.35. The summed E-state index contributed by atoms with van der Waals surface area (Å²) < 4.78 is 1.90. The average Bonchev–Trinajstić information content (AvgIpc) is 2.77. The van der Waals surface area contributed by atoms with Gasteiger partial charge in [-0.1, -0.05) is 35.0 Å². The molecule has 0 aliphatic carbocycles. The number of fused-ring (bicyclic) bond motifs is 1. The fourth-order valence-electron chi connectivity index (χ4n) is 1.67. The summed E-state index contributed by atoms with van der Waals surface area (Å²) in [6, 6.07) is 1.93. The predicted octanol–water partition coefficient (Wildman–Crippen LogP) is 3.89. The lowest BCUT2D eigenvalue weighted by molar-refractivity contribution is 1.05. The first-order valence-electron chi connectivity index (χ1n) is 5.43. The molecular weight excluding hydrogens is 303 g/mol. The van der Waals surface area contributed by atoms with E-state index in [0.29, 0.717) is 10.2 Å². The van der Waals surface area contributed by atoms with E-state index >= 15 is 0 Å². The molecule has 7 heteroatoms. The fourth-order valence-corrected chi connectivity index (χ4v) is 2.83. The smallest absolute Gasteiger partial charge is 0.156 e. The van der Waals surface area contributed by atoms with E-state index < -0.39 is 0 Å². The molecule has 0 unspecified atom stereocenters. The molecule has 96 valence electrons. The first-order valence-corrected chi connectivity index (χ1v) is 7.00. The lowest BCUT2D eigenvalue weighted by atomic mass is 10.5. The minimum absolute atomic E-state index is 0.370. The van der Waals surface area contributed by atoms with Crippen molar-refractivity contribution >= 4 is 40.6 Å². The van der Waals surface area contributed by atoms with Crippen LogP contribution in [0.15, 0.2) is 40.8 Å². The second kappa shape index (κ2) is 5.00. The average molecular weight is 311 g/mol.